The van der Waals surface area contributed by atoms with Crippen LogP contribution in [0.1, 0.15) is 11.6 Å². The molecule has 5 aliphatic heterocycles. The van der Waals surface area contributed by atoms with Crippen molar-refractivity contribution in [3.8, 4) is 0 Å². The maximum absolute atomic E-state index is 14.4. The summed E-state index contributed by atoms with van der Waals surface area (Å²) in [6.07, 6.45) is 6.48. The summed E-state index contributed by atoms with van der Waals surface area (Å²) < 4.78 is 17.4. The molecule has 1 aromatic carbocycles. The van der Waals surface area contributed by atoms with Crippen LogP contribution in [0.5, 0.6) is 0 Å². The van der Waals surface area contributed by atoms with Crippen molar-refractivity contribution < 1.29 is 33.7 Å². The van der Waals surface area contributed by atoms with E-state index in [1.54, 1.807) is 17.1 Å². The lowest BCUT2D eigenvalue weighted by Crippen LogP contribution is -2.57. The molecule has 0 saturated carbocycles. The molecule has 2 amide bonds. The average molecular weight is 524 g/mol. The summed E-state index contributed by atoms with van der Waals surface area (Å²) in [5, 5.41) is 10.5. The van der Waals surface area contributed by atoms with Gasteiger partial charge in [0.25, 0.3) is 0 Å². The fraction of sp³-hybridized carbons (Fsp3) is 0.536. The van der Waals surface area contributed by atoms with Crippen LogP contribution in [-0.4, -0.2) is 114 Å². The van der Waals surface area contributed by atoms with Crippen molar-refractivity contribution in [1.29, 1.82) is 0 Å². The highest BCUT2D eigenvalue weighted by Gasteiger charge is 2.72. The summed E-state index contributed by atoms with van der Waals surface area (Å²) in [5.41, 5.74) is -0.639. The Morgan fingerprint density at radius 1 is 1.03 bits per heavy atom. The number of ether oxygens (including phenoxy) is 3. The number of esters is 1. The van der Waals surface area contributed by atoms with Crippen molar-refractivity contribution >= 4 is 17.8 Å². The van der Waals surface area contributed by atoms with Gasteiger partial charge in [0, 0.05) is 32.7 Å². The molecule has 0 radical (unpaired) electrons. The molecule has 38 heavy (non-hydrogen) atoms. The van der Waals surface area contributed by atoms with Crippen molar-refractivity contribution in [2.45, 2.75) is 23.8 Å². The van der Waals surface area contributed by atoms with Crippen molar-refractivity contribution in [2.24, 2.45) is 11.8 Å². The van der Waals surface area contributed by atoms with Crippen LogP contribution in [-0.2, 0) is 28.6 Å². The van der Waals surface area contributed by atoms with Gasteiger partial charge < -0.3 is 29.1 Å². The highest BCUT2D eigenvalue weighted by molar-refractivity contribution is 5.99. The molecule has 1 unspecified atom stereocenters. The van der Waals surface area contributed by atoms with Crippen LogP contribution in [0.15, 0.2) is 54.6 Å². The van der Waals surface area contributed by atoms with Crippen molar-refractivity contribution in [2.75, 3.05) is 59.2 Å². The van der Waals surface area contributed by atoms with Crippen LogP contribution in [0.4, 0.5) is 0 Å². The van der Waals surface area contributed by atoms with Crippen LogP contribution in [0.2, 0.25) is 0 Å². The predicted octanol–water partition coefficient (Wildman–Crippen LogP) is 0.144. The number of carbonyl (C=O) groups is 3. The molecule has 0 bridgehead atoms. The number of likely N-dealkylation sites (tertiary alicyclic amines) is 1. The molecule has 1 aromatic rings. The van der Waals surface area contributed by atoms with Gasteiger partial charge in [-0.3, -0.25) is 19.3 Å². The molecule has 202 valence electrons. The Hall–Kier alpha value is -3.05. The summed E-state index contributed by atoms with van der Waals surface area (Å²) >= 11 is 0. The van der Waals surface area contributed by atoms with E-state index >= 15 is 0 Å². The van der Waals surface area contributed by atoms with Gasteiger partial charge in [0.2, 0.25) is 11.8 Å². The summed E-state index contributed by atoms with van der Waals surface area (Å²) in [5.74, 6) is -2.95. The Morgan fingerprint density at radius 3 is 2.58 bits per heavy atom. The van der Waals surface area contributed by atoms with Gasteiger partial charge >= 0.3 is 5.97 Å². The molecule has 3 fully saturated rings. The monoisotopic (exact) mass is 523 g/mol. The minimum absolute atomic E-state index is 0.115. The Balaban J connectivity index is 1.39. The maximum Gasteiger partial charge on any atom is 0.313 e. The number of amides is 2. The molecule has 6 atom stereocenters. The molecule has 0 aliphatic carbocycles. The number of rotatable bonds is 6. The zero-order valence-electron chi connectivity index (χ0n) is 21.2. The fourth-order valence-electron chi connectivity index (χ4n) is 6.61. The van der Waals surface area contributed by atoms with Gasteiger partial charge in [-0.1, -0.05) is 48.6 Å². The zero-order valence-corrected chi connectivity index (χ0v) is 21.2. The standard InChI is InChI=1S/C28H33N3O7/c32-18-20(19-6-2-1-3-7-19)31-24-26(34)30(12-11-29-13-16-36-17-14-29)10-5-9-28(24)23(25(31)33)22-21(38-28)8-4-15-37-27(22)35/h1-9,20-24,32H,10-18H2/t20-,21+,22-,23+,24?,28+/m1/s1. The summed E-state index contributed by atoms with van der Waals surface area (Å²) in [6.45, 7) is 4.21. The molecule has 0 aromatic heterocycles. The van der Waals surface area contributed by atoms with Crippen LogP contribution >= 0.6 is 0 Å². The maximum atomic E-state index is 14.4. The first-order chi connectivity index (χ1) is 18.5. The molecule has 10 nitrogen and oxygen atoms in total. The second-order valence-corrected chi connectivity index (χ2v) is 10.4. The second-order valence-electron chi connectivity index (χ2n) is 10.4. The number of cyclic esters (lactones) is 1. The lowest BCUT2D eigenvalue weighted by Gasteiger charge is -2.39. The lowest BCUT2D eigenvalue weighted by molar-refractivity contribution is -0.155. The number of aliphatic hydroxyl groups is 1. The first-order valence-electron chi connectivity index (χ1n) is 13.3. The predicted molar refractivity (Wildman–Crippen MR) is 135 cm³/mol. The molecule has 1 N–H and O–H groups in total. The third kappa shape index (κ3) is 4.07. The van der Waals surface area contributed by atoms with Gasteiger partial charge in [-0.2, -0.15) is 0 Å². The SMILES string of the molecule is O=C1OCC=C[C@@H]2O[C@]34C=CCN(CCN5CCOCC5)C(=O)C3N([C@H](CO)c3ccccc3)C(=O)[C@@H]4[C@H]12. The fourth-order valence-corrected chi connectivity index (χ4v) is 6.61. The van der Waals surface area contributed by atoms with Gasteiger partial charge in [-0.25, -0.2) is 0 Å². The molecule has 1 spiro atoms. The number of hydrogen-bond donors (Lipinski definition) is 1. The van der Waals surface area contributed by atoms with E-state index in [9.17, 15) is 19.5 Å². The van der Waals surface area contributed by atoms with E-state index in [-0.39, 0.29) is 25.0 Å². The van der Waals surface area contributed by atoms with Crippen LogP contribution in [0.3, 0.4) is 0 Å². The summed E-state index contributed by atoms with van der Waals surface area (Å²) in [4.78, 5) is 47.2. The molecule has 6 rings (SSSR count). The van der Waals surface area contributed by atoms with Gasteiger partial charge in [-0.15, -0.1) is 0 Å². The number of benzene rings is 1. The molecule has 5 aliphatic rings. The van der Waals surface area contributed by atoms with E-state index in [4.69, 9.17) is 14.2 Å². The quantitative estimate of drug-likeness (QED) is 0.415. The first kappa shape index (κ1) is 25.2. The Bertz CT molecular complexity index is 1130. The lowest BCUT2D eigenvalue weighted by atomic mass is 9.78. The minimum atomic E-state index is -1.35. The second kappa shape index (κ2) is 10.3. The minimum Gasteiger partial charge on any atom is -0.461 e. The van der Waals surface area contributed by atoms with Crippen LogP contribution < -0.4 is 0 Å². The Kier molecular flexibility index (Phi) is 6.81. The van der Waals surface area contributed by atoms with E-state index in [2.05, 4.69) is 4.90 Å². The molecule has 5 heterocycles. The molecular formula is C28H33N3O7. The molecule has 10 heteroatoms. The number of hydrogen-bond acceptors (Lipinski definition) is 8. The van der Waals surface area contributed by atoms with Crippen molar-refractivity contribution in [3.05, 3.63) is 60.2 Å². The largest absolute Gasteiger partial charge is 0.461 e. The summed E-state index contributed by atoms with van der Waals surface area (Å²) in [7, 11) is 0. The van der Waals surface area contributed by atoms with E-state index in [0.717, 1.165) is 13.1 Å². The topological polar surface area (TPSA) is 109 Å². The van der Waals surface area contributed by atoms with Crippen molar-refractivity contribution in [3.63, 3.8) is 0 Å². The van der Waals surface area contributed by atoms with E-state index in [1.165, 1.54) is 4.90 Å². The van der Waals surface area contributed by atoms with Gasteiger partial charge in [0.15, 0.2) is 0 Å². The number of fused-ring (bicyclic) bond motifs is 2. The normalized spacial score (nSPS) is 33.9. The van der Waals surface area contributed by atoms with E-state index in [0.29, 0.717) is 38.4 Å². The number of nitrogens with zero attached hydrogens (tertiary/aromatic N) is 3. The van der Waals surface area contributed by atoms with Gasteiger partial charge in [0.1, 0.15) is 24.2 Å². The van der Waals surface area contributed by atoms with Crippen molar-refractivity contribution in [1.82, 2.24) is 14.7 Å². The first-order valence-corrected chi connectivity index (χ1v) is 13.3. The van der Waals surface area contributed by atoms with Crippen LogP contribution in [0.25, 0.3) is 0 Å². The smallest absolute Gasteiger partial charge is 0.313 e. The highest BCUT2D eigenvalue weighted by atomic mass is 16.6. The van der Waals surface area contributed by atoms with E-state index < -0.39 is 41.6 Å². The Morgan fingerprint density at radius 2 is 1.82 bits per heavy atom. The highest BCUT2D eigenvalue weighted by Crippen LogP contribution is 2.55. The Labute approximate surface area is 221 Å². The summed E-state index contributed by atoms with van der Waals surface area (Å²) in [6, 6.07) is 7.37. The zero-order chi connectivity index (χ0) is 26.3. The van der Waals surface area contributed by atoms with Gasteiger partial charge in [0.05, 0.1) is 37.9 Å². The average Bonchev–Trinajstić information content (AvgIpc) is 3.24. The van der Waals surface area contributed by atoms with Crippen LogP contribution in [0, 0.1) is 11.8 Å². The number of morpholine rings is 1. The third-order valence-corrected chi connectivity index (χ3v) is 8.42. The number of carbonyl (C=O) groups excluding carboxylic acids is 3. The molecule has 3 saturated heterocycles. The molecular weight excluding hydrogens is 490 g/mol. The van der Waals surface area contributed by atoms with Gasteiger partial charge in [-0.05, 0) is 11.6 Å². The van der Waals surface area contributed by atoms with E-state index in [1.807, 2.05) is 42.5 Å². The number of aliphatic hydroxyl groups excluding tert-OH is 1. The third-order valence-electron chi connectivity index (χ3n) is 8.42.